The van der Waals surface area contributed by atoms with Crippen LogP contribution in [0.5, 0.6) is 0 Å². The van der Waals surface area contributed by atoms with Crippen LogP contribution in [0.15, 0.2) is 18.2 Å². The largest absolute Gasteiger partial charge is 0.391 e. The highest BCUT2D eigenvalue weighted by molar-refractivity contribution is 5.94. The maximum absolute atomic E-state index is 12.6. The molecule has 0 aliphatic heterocycles. The summed E-state index contributed by atoms with van der Waals surface area (Å²) >= 11 is 0. The van der Waals surface area contributed by atoms with E-state index in [1.165, 1.54) is 24.0 Å². The number of rotatable bonds is 2. The van der Waals surface area contributed by atoms with Gasteiger partial charge < -0.3 is 10.0 Å². The molecule has 0 bridgehead atoms. The Balaban J connectivity index is 1.79. The lowest BCUT2D eigenvalue weighted by Gasteiger charge is -2.27. The Morgan fingerprint density at radius 2 is 1.90 bits per heavy atom. The van der Waals surface area contributed by atoms with Crippen LogP contribution in [-0.4, -0.2) is 35.1 Å². The molecular formula is C17H23NO2. The molecule has 3 rings (SSSR count). The van der Waals surface area contributed by atoms with Gasteiger partial charge in [0.25, 0.3) is 5.91 Å². The van der Waals surface area contributed by atoms with Crippen LogP contribution in [0, 0.1) is 0 Å². The highest BCUT2D eigenvalue weighted by Gasteiger charge is 2.31. The summed E-state index contributed by atoms with van der Waals surface area (Å²) in [4.78, 5) is 14.3. The molecule has 0 radical (unpaired) electrons. The summed E-state index contributed by atoms with van der Waals surface area (Å²) in [5, 5.41) is 9.95. The fourth-order valence-corrected chi connectivity index (χ4v) is 3.59. The van der Waals surface area contributed by atoms with Gasteiger partial charge in [0.1, 0.15) is 0 Å². The molecule has 1 N–H and O–H groups in total. The number of likely N-dealkylation sites (N-methyl/N-ethyl adjacent to an activating group) is 1. The number of aliphatic hydroxyl groups excluding tert-OH is 1. The molecule has 0 spiro atoms. The zero-order valence-corrected chi connectivity index (χ0v) is 12.1. The first-order chi connectivity index (χ1) is 9.66. The average Bonchev–Trinajstić information content (AvgIpc) is 2.91. The van der Waals surface area contributed by atoms with Crippen molar-refractivity contribution in [3.63, 3.8) is 0 Å². The van der Waals surface area contributed by atoms with Gasteiger partial charge in [0.2, 0.25) is 0 Å². The van der Waals surface area contributed by atoms with Crippen LogP contribution >= 0.6 is 0 Å². The van der Waals surface area contributed by atoms with Crippen LogP contribution in [0.25, 0.3) is 0 Å². The van der Waals surface area contributed by atoms with E-state index in [2.05, 4.69) is 12.1 Å². The molecule has 3 nitrogen and oxygen atoms in total. The SMILES string of the molecule is CN(C(=O)c1ccc2c(c1)CCCC2)C1CCCC1O. The quantitative estimate of drug-likeness (QED) is 0.899. The second kappa shape index (κ2) is 5.57. The van der Waals surface area contributed by atoms with Crippen molar-refractivity contribution in [3.8, 4) is 0 Å². The number of fused-ring (bicyclic) bond motifs is 1. The Kier molecular flexibility index (Phi) is 3.79. The molecule has 1 aromatic rings. The Hall–Kier alpha value is -1.35. The zero-order valence-electron chi connectivity index (χ0n) is 12.1. The number of hydrogen-bond donors (Lipinski definition) is 1. The lowest BCUT2D eigenvalue weighted by molar-refractivity contribution is 0.0538. The van der Waals surface area contributed by atoms with Gasteiger partial charge in [-0.1, -0.05) is 6.07 Å². The minimum absolute atomic E-state index is 0.0152. The van der Waals surface area contributed by atoms with Crippen LogP contribution in [0.4, 0.5) is 0 Å². The third kappa shape index (κ3) is 2.47. The molecule has 1 amide bonds. The number of aryl methyl sites for hydroxylation is 2. The standard InChI is InChI=1S/C17H23NO2/c1-18(15-7-4-8-16(15)19)17(20)14-10-9-12-5-2-3-6-13(12)11-14/h9-11,15-16,19H,2-8H2,1H3. The third-order valence-electron chi connectivity index (χ3n) is 4.86. The molecule has 1 fully saturated rings. The normalized spacial score (nSPS) is 25.3. The van der Waals surface area contributed by atoms with Crippen LogP contribution in [0.1, 0.15) is 53.6 Å². The molecule has 2 aliphatic carbocycles. The van der Waals surface area contributed by atoms with Crippen molar-refractivity contribution in [2.75, 3.05) is 7.05 Å². The van der Waals surface area contributed by atoms with Gasteiger partial charge in [-0.15, -0.1) is 0 Å². The van der Waals surface area contributed by atoms with Crippen LogP contribution in [0.3, 0.4) is 0 Å². The van der Waals surface area contributed by atoms with Gasteiger partial charge in [-0.05, 0) is 68.2 Å². The van der Waals surface area contributed by atoms with E-state index in [1.54, 1.807) is 4.90 Å². The highest BCUT2D eigenvalue weighted by atomic mass is 16.3. The summed E-state index contributed by atoms with van der Waals surface area (Å²) < 4.78 is 0. The molecule has 2 unspecified atom stereocenters. The van der Waals surface area contributed by atoms with Crippen LogP contribution < -0.4 is 0 Å². The number of amides is 1. The van der Waals surface area contributed by atoms with E-state index in [9.17, 15) is 9.90 Å². The molecule has 108 valence electrons. The van der Waals surface area contributed by atoms with Gasteiger partial charge in [0.05, 0.1) is 12.1 Å². The van der Waals surface area contributed by atoms with E-state index < -0.39 is 0 Å². The van der Waals surface area contributed by atoms with Gasteiger partial charge in [0.15, 0.2) is 0 Å². The molecule has 20 heavy (non-hydrogen) atoms. The summed E-state index contributed by atoms with van der Waals surface area (Å²) in [5.41, 5.74) is 3.51. The van der Waals surface area contributed by atoms with E-state index in [1.807, 2.05) is 13.1 Å². The number of nitrogens with zero attached hydrogens (tertiary/aromatic N) is 1. The molecule has 1 saturated carbocycles. The number of benzene rings is 1. The molecule has 0 heterocycles. The monoisotopic (exact) mass is 273 g/mol. The summed E-state index contributed by atoms with van der Waals surface area (Å²) in [5.74, 6) is 0.0457. The van der Waals surface area contributed by atoms with Gasteiger partial charge in [-0.2, -0.15) is 0 Å². The minimum Gasteiger partial charge on any atom is -0.391 e. The number of carbonyl (C=O) groups is 1. The maximum Gasteiger partial charge on any atom is 0.253 e. The lowest BCUT2D eigenvalue weighted by atomic mass is 9.90. The summed E-state index contributed by atoms with van der Waals surface area (Å²) in [7, 11) is 1.82. The van der Waals surface area contributed by atoms with Gasteiger partial charge in [-0.25, -0.2) is 0 Å². The molecule has 2 atom stereocenters. The van der Waals surface area contributed by atoms with E-state index >= 15 is 0 Å². The predicted octanol–water partition coefficient (Wildman–Crippen LogP) is 2.55. The van der Waals surface area contributed by atoms with Crippen molar-refractivity contribution < 1.29 is 9.90 Å². The Morgan fingerprint density at radius 1 is 1.15 bits per heavy atom. The third-order valence-corrected chi connectivity index (χ3v) is 4.86. The summed E-state index contributed by atoms with van der Waals surface area (Å²) in [6.07, 6.45) is 7.08. The molecular weight excluding hydrogens is 250 g/mol. The van der Waals surface area contributed by atoms with Crippen molar-refractivity contribution in [2.24, 2.45) is 0 Å². The molecule has 3 heteroatoms. The summed E-state index contributed by atoms with van der Waals surface area (Å²) in [6, 6.07) is 6.11. The molecule has 0 saturated heterocycles. The van der Waals surface area contributed by atoms with Crippen molar-refractivity contribution in [3.05, 3.63) is 34.9 Å². The second-order valence-corrected chi connectivity index (χ2v) is 6.17. The molecule has 0 aromatic heterocycles. The van der Waals surface area contributed by atoms with E-state index in [4.69, 9.17) is 0 Å². The number of aliphatic hydroxyl groups is 1. The van der Waals surface area contributed by atoms with E-state index in [0.717, 1.165) is 37.7 Å². The average molecular weight is 273 g/mol. The Labute approximate surface area is 120 Å². The van der Waals surface area contributed by atoms with Crippen molar-refractivity contribution in [1.82, 2.24) is 4.90 Å². The summed E-state index contributed by atoms with van der Waals surface area (Å²) in [6.45, 7) is 0. The zero-order chi connectivity index (χ0) is 14.1. The Bertz CT molecular complexity index is 512. The maximum atomic E-state index is 12.6. The molecule has 2 aliphatic rings. The number of hydrogen-bond acceptors (Lipinski definition) is 2. The smallest absolute Gasteiger partial charge is 0.253 e. The Morgan fingerprint density at radius 3 is 2.60 bits per heavy atom. The topological polar surface area (TPSA) is 40.5 Å². The van der Waals surface area contributed by atoms with E-state index in [-0.39, 0.29) is 18.1 Å². The predicted molar refractivity (Wildman–Crippen MR) is 78.8 cm³/mol. The first-order valence-electron chi connectivity index (χ1n) is 7.74. The van der Waals surface area contributed by atoms with Crippen LogP contribution in [0.2, 0.25) is 0 Å². The fourth-order valence-electron chi connectivity index (χ4n) is 3.59. The first kappa shape index (κ1) is 13.6. The van der Waals surface area contributed by atoms with Crippen molar-refractivity contribution >= 4 is 5.91 Å². The van der Waals surface area contributed by atoms with Gasteiger partial charge in [0, 0.05) is 12.6 Å². The second-order valence-electron chi connectivity index (χ2n) is 6.17. The lowest BCUT2D eigenvalue weighted by Crippen LogP contribution is -2.41. The van der Waals surface area contributed by atoms with Crippen molar-refractivity contribution in [1.29, 1.82) is 0 Å². The fraction of sp³-hybridized carbons (Fsp3) is 0.588. The molecule has 1 aromatic carbocycles. The number of carbonyl (C=O) groups excluding carboxylic acids is 1. The van der Waals surface area contributed by atoms with Gasteiger partial charge in [-0.3, -0.25) is 4.79 Å². The highest BCUT2D eigenvalue weighted by Crippen LogP contribution is 2.26. The van der Waals surface area contributed by atoms with E-state index in [0.29, 0.717) is 0 Å². The first-order valence-corrected chi connectivity index (χ1v) is 7.74. The van der Waals surface area contributed by atoms with Gasteiger partial charge >= 0.3 is 0 Å². The van der Waals surface area contributed by atoms with Crippen LogP contribution in [-0.2, 0) is 12.8 Å². The van der Waals surface area contributed by atoms with Crippen molar-refractivity contribution in [2.45, 2.75) is 57.1 Å². The minimum atomic E-state index is -0.360.